The van der Waals surface area contributed by atoms with Crippen molar-refractivity contribution in [1.29, 1.82) is 0 Å². The van der Waals surface area contributed by atoms with Crippen LogP contribution in [-0.2, 0) is 17.4 Å². The highest BCUT2D eigenvalue weighted by atomic mass is 16.3. The molecule has 5 heteroatoms. The minimum Gasteiger partial charge on any atom is -0.507 e. The molecule has 5 nitrogen and oxygen atoms in total. The van der Waals surface area contributed by atoms with Crippen molar-refractivity contribution in [3.63, 3.8) is 0 Å². The summed E-state index contributed by atoms with van der Waals surface area (Å²) in [5.41, 5.74) is 1.31. The van der Waals surface area contributed by atoms with Gasteiger partial charge in [-0.3, -0.25) is 14.3 Å². The summed E-state index contributed by atoms with van der Waals surface area (Å²) in [6.07, 6.45) is 1.49. The van der Waals surface area contributed by atoms with E-state index in [0.717, 1.165) is 16.7 Å². The second-order valence-electron chi connectivity index (χ2n) is 8.28. The third-order valence-corrected chi connectivity index (χ3v) is 4.04. The Kier molecular flexibility index (Phi) is 4.48. The van der Waals surface area contributed by atoms with Gasteiger partial charge < -0.3 is 5.11 Å². The zero-order valence-corrected chi connectivity index (χ0v) is 15.2. The highest BCUT2D eigenvalue weighted by Crippen LogP contribution is 2.39. The molecule has 0 aliphatic carbocycles. The molecule has 0 saturated carbocycles. The van der Waals surface area contributed by atoms with Crippen LogP contribution in [0.3, 0.4) is 0 Å². The van der Waals surface area contributed by atoms with Crippen LogP contribution in [0.25, 0.3) is 0 Å². The fourth-order valence-electron chi connectivity index (χ4n) is 2.69. The molecule has 0 radical (unpaired) electrons. The second kappa shape index (κ2) is 5.96. The van der Waals surface area contributed by atoms with Gasteiger partial charge in [-0.25, -0.2) is 4.79 Å². The first-order valence-corrected chi connectivity index (χ1v) is 8.06. The number of aromatic hydroxyl groups is 1. The highest BCUT2D eigenvalue weighted by Gasteiger charge is 2.26. The normalized spacial score (nSPS) is 12.4. The fourth-order valence-corrected chi connectivity index (χ4v) is 2.69. The first-order valence-electron chi connectivity index (χ1n) is 8.06. The predicted octanol–water partition coefficient (Wildman–Crippen LogP) is 2.89. The number of aromatic nitrogens is 2. The smallest absolute Gasteiger partial charge is 0.328 e. The van der Waals surface area contributed by atoms with Crippen LogP contribution in [0.15, 0.2) is 34.0 Å². The zero-order valence-electron chi connectivity index (χ0n) is 15.2. The number of aromatic amines is 1. The Bertz CT molecular complexity index is 827. The number of hydrogen-bond acceptors (Lipinski definition) is 3. The van der Waals surface area contributed by atoms with Gasteiger partial charge in [0.1, 0.15) is 5.75 Å². The van der Waals surface area contributed by atoms with E-state index in [1.54, 1.807) is 0 Å². The van der Waals surface area contributed by atoms with E-state index in [-0.39, 0.29) is 10.8 Å². The average Bonchev–Trinajstić information content (AvgIpc) is 2.41. The van der Waals surface area contributed by atoms with Gasteiger partial charge in [-0.05, 0) is 39.7 Å². The molecule has 1 heterocycles. The number of nitrogens with zero attached hydrogens (tertiary/aromatic N) is 1. The topological polar surface area (TPSA) is 75.1 Å². The molecule has 0 amide bonds. The molecular weight excluding hydrogens is 304 g/mol. The van der Waals surface area contributed by atoms with E-state index in [2.05, 4.69) is 4.98 Å². The largest absolute Gasteiger partial charge is 0.507 e. The van der Waals surface area contributed by atoms with Crippen LogP contribution in [0.4, 0.5) is 0 Å². The molecule has 0 atom stereocenters. The van der Waals surface area contributed by atoms with Crippen molar-refractivity contribution in [2.75, 3.05) is 0 Å². The summed E-state index contributed by atoms with van der Waals surface area (Å²) in [4.78, 5) is 25.4. The Morgan fingerprint density at radius 1 is 1.00 bits per heavy atom. The molecule has 2 N–H and O–H groups in total. The lowest BCUT2D eigenvalue weighted by Gasteiger charge is -2.28. The molecule has 0 aliphatic heterocycles. The van der Waals surface area contributed by atoms with Gasteiger partial charge in [0.25, 0.3) is 5.56 Å². The maximum absolute atomic E-state index is 11.9. The maximum atomic E-state index is 11.9. The third kappa shape index (κ3) is 3.78. The Labute approximate surface area is 142 Å². The minimum absolute atomic E-state index is 0.226. The van der Waals surface area contributed by atoms with Crippen molar-refractivity contribution < 1.29 is 5.11 Å². The van der Waals surface area contributed by atoms with E-state index in [9.17, 15) is 14.7 Å². The van der Waals surface area contributed by atoms with Crippen LogP contribution >= 0.6 is 0 Å². The van der Waals surface area contributed by atoms with Gasteiger partial charge in [-0.2, -0.15) is 0 Å². The van der Waals surface area contributed by atoms with Crippen LogP contribution in [0.5, 0.6) is 5.75 Å². The SMILES string of the molecule is CC(C)(C)c1cc(Cn2ccc(=O)[nH]c2=O)cc(C(C)(C)C)c1O. The lowest BCUT2D eigenvalue weighted by atomic mass is 9.78. The van der Waals surface area contributed by atoms with Crippen molar-refractivity contribution in [1.82, 2.24) is 9.55 Å². The van der Waals surface area contributed by atoms with E-state index in [4.69, 9.17) is 0 Å². The molecule has 2 rings (SSSR count). The summed E-state index contributed by atoms with van der Waals surface area (Å²) in [7, 11) is 0. The Morgan fingerprint density at radius 3 is 1.92 bits per heavy atom. The molecule has 1 aromatic heterocycles. The minimum atomic E-state index is -0.440. The summed E-state index contributed by atoms with van der Waals surface area (Å²) in [6.45, 7) is 12.6. The van der Waals surface area contributed by atoms with E-state index in [1.807, 2.05) is 53.7 Å². The van der Waals surface area contributed by atoms with Gasteiger partial charge in [0.2, 0.25) is 0 Å². The molecule has 1 aromatic carbocycles. The molecule has 0 fully saturated rings. The van der Waals surface area contributed by atoms with E-state index in [0.29, 0.717) is 12.3 Å². The standard InChI is InChI=1S/C19H26N2O3/c1-18(2,3)13-9-12(10-14(16(13)23)19(4,5)6)11-21-8-7-15(22)20-17(21)24/h7-10,23H,11H2,1-6H3,(H,20,22,24). The van der Waals surface area contributed by atoms with Crippen molar-refractivity contribution in [2.24, 2.45) is 0 Å². The van der Waals surface area contributed by atoms with Gasteiger partial charge in [0.05, 0.1) is 6.54 Å². The molecule has 130 valence electrons. The monoisotopic (exact) mass is 330 g/mol. The molecule has 2 aromatic rings. The second-order valence-corrected chi connectivity index (χ2v) is 8.28. The van der Waals surface area contributed by atoms with Crippen LogP contribution in [0.2, 0.25) is 0 Å². The third-order valence-electron chi connectivity index (χ3n) is 4.04. The Balaban J connectivity index is 2.62. The van der Waals surface area contributed by atoms with Gasteiger partial charge in [0, 0.05) is 12.3 Å². The Morgan fingerprint density at radius 2 is 1.50 bits per heavy atom. The molecule has 0 saturated heterocycles. The molecule has 0 unspecified atom stereocenters. The zero-order chi connectivity index (χ0) is 18.3. The fraction of sp³-hybridized carbons (Fsp3) is 0.474. The maximum Gasteiger partial charge on any atom is 0.328 e. The van der Waals surface area contributed by atoms with Gasteiger partial charge in [-0.15, -0.1) is 0 Å². The number of rotatable bonds is 2. The Hall–Kier alpha value is -2.30. The van der Waals surface area contributed by atoms with Crippen LogP contribution < -0.4 is 11.2 Å². The highest BCUT2D eigenvalue weighted by molar-refractivity contribution is 5.49. The first kappa shape index (κ1) is 18.0. The van der Waals surface area contributed by atoms with Gasteiger partial charge in [-0.1, -0.05) is 41.5 Å². The van der Waals surface area contributed by atoms with E-state index < -0.39 is 11.2 Å². The number of benzene rings is 1. The summed E-state index contributed by atoms with van der Waals surface area (Å²) in [5.74, 6) is 0.313. The summed E-state index contributed by atoms with van der Waals surface area (Å²) < 4.78 is 1.45. The lowest BCUT2D eigenvalue weighted by molar-refractivity contribution is 0.422. The van der Waals surface area contributed by atoms with Crippen molar-refractivity contribution in [3.05, 3.63) is 61.9 Å². The molecule has 0 spiro atoms. The number of phenols is 1. The molecular formula is C19H26N2O3. The molecule has 0 aliphatic rings. The van der Waals surface area contributed by atoms with Gasteiger partial charge in [0.15, 0.2) is 0 Å². The van der Waals surface area contributed by atoms with Crippen molar-refractivity contribution in [3.8, 4) is 5.75 Å². The van der Waals surface area contributed by atoms with Crippen LogP contribution in [0, 0.1) is 0 Å². The van der Waals surface area contributed by atoms with E-state index >= 15 is 0 Å². The van der Waals surface area contributed by atoms with Crippen LogP contribution in [0.1, 0.15) is 58.2 Å². The lowest BCUT2D eigenvalue weighted by Crippen LogP contribution is -2.29. The number of H-pyrrole nitrogens is 1. The van der Waals surface area contributed by atoms with Crippen LogP contribution in [-0.4, -0.2) is 14.7 Å². The van der Waals surface area contributed by atoms with Crippen molar-refractivity contribution >= 4 is 0 Å². The average molecular weight is 330 g/mol. The summed E-state index contributed by atoms with van der Waals surface area (Å²) in [6, 6.07) is 5.20. The van der Waals surface area contributed by atoms with E-state index in [1.165, 1.54) is 16.8 Å². The number of phenolic OH excluding ortho intramolecular Hbond substituents is 1. The first-order chi connectivity index (χ1) is 10.9. The predicted molar refractivity (Wildman–Crippen MR) is 95.9 cm³/mol. The van der Waals surface area contributed by atoms with Crippen molar-refractivity contribution in [2.45, 2.75) is 58.9 Å². The number of nitrogens with one attached hydrogen (secondary N) is 1. The quantitative estimate of drug-likeness (QED) is 0.889. The number of hydrogen-bond donors (Lipinski definition) is 2. The summed E-state index contributed by atoms with van der Waals surface area (Å²) >= 11 is 0. The molecule has 0 bridgehead atoms. The summed E-state index contributed by atoms with van der Waals surface area (Å²) in [5, 5.41) is 10.7. The van der Waals surface area contributed by atoms with Gasteiger partial charge >= 0.3 is 5.69 Å². The molecule has 24 heavy (non-hydrogen) atoms.